The van der Waals surface area contributed by atoms with Gasteiger partial charge in [-0.2, -0.15) is 0 Å². The van der Waals surface area contributed by atoms with Gasteiger partial charge in [-0.1, -0.05) is 18.7 Å². The molecule has 1 atom stereocenters. The van der Waals surface area contributed by atoms with Crippen molar-refractivity contribution in [1.82, 2.24) is 9.97 Å². The van der Waals surface area contributed by atoms with Crippen LogP contribution in [0.1, 0.15) is 23.8 Å². The molecule has 2 heterocycles. The predicted octanol–water partition coefficient (Wildman–Crippen LogP) is 4.14. The van der Waals surface area contributed by atoms with E-state index in [0.717, 1.165) is 34.5 Å². The van der Waals surface area contributed by atoms with Gasteiger partial charge < -0.3 is 15.8 Å². The first-order chi connectivity index (χ1) is 13.5. The molecule has 0 radical (unpaired) electrons. The topological polar surface area (TPSA) is 90.1 Å². The molecule has 8 heteroatoms. The fourth-order valence-electron chi connectivity index (χ4n) is 3.42. The van der Waals surface area contributed by atoms with E-state index in [1.165, 1.54) is 28.6 Å². The number of aryl methyl sites for hydroxylation is 1. The van der Waals surface area contributed by atoms with Crippen LogP contribution in [0.4, 0.5) is 11.5 Å². The number of carbonyl (C=O) groups excluding carboxylic acids is 1. The number of hydrogen-bond acceptors (Lipinski definition) is 7. The maximum atomic E-state index is 12.2. The third-order valence-corrected chi connectivity index (χ3v) is 6.86. The van der Waals surface area contributed by atoms with Crippen molar-refractivity contribution in [2.24, 2.45) is 5.92 Å². The Morgan fingerprint density at radius 1 is 1.36 bits per heavy atom. The second-order valence-corrected chi connectivity index (χ2v) is 9.01. The van der Waals surface area contributed by atoms with Gasteiger partial charge >= 0.3 is 0 Å². The average molecular weight is 415 g/mol. The maximum Gasteiger partial charge on any atom is 0.234 e. The fourth-order valence-corrected chi connectivity index (χ4v) is 5.52. The fraction of sp³-hybridized carbons (Fsp3) is 0.350. The van der Waals surface area contributed by atoms with Crippen molar-refractivity contribution in [2.75, 3.05) is 23.9 Å². The molecule has 0 saturated carbocycles. The predicted molar refractivity (Wildman–Crippen MR) is 115 cm³/mol. The number of thioether (sulfide) groups is 1. The largest absolute Gasteiger partial charge is 0.497 e. The van der Waals surface area contributed by atoms with E-state index in [-0.39, 0.29) is 11.7 Å². The Balaban J connectivity index is 1.45. The maximum absolute atomic E-state index is 12.2. The van der Waals surface area contributed by atoms with Crippen LogP contribution in [0.5, 0.6) is 5.75 Å². The molecule has 0 aliphatic heterocycles. The monoisotopic (exact) mass is 414 g/mol. The summed E-state index contributed by atoms with van der Waals surface area (Å²) in [6.07, 6.45) is 3.31. The zero-order valence-electron chi connectivity index (χ0n) is 15.8. The number of nitrogen functional groups attached to an aromatic ring is 1. The third-order valence-electron chi connectivity index (χ3n) is 4.87. The number of nitrogens with one attached hydrogen (secondary N) is 1. The Labute approximate surface area is 171 Å². The molecule has 1 aromatic carbocycles. The molecule has 0 unspecified atom stereocenters. The number of amides is 1. The van der Waals surface area contributed by atoms with E-state index in [1.807, 2.05) is 0 Å². The number of carbonyl (C=O) groups is 1. The molecule has 0 spiro atoms. The SMILES string of the molecule is COc1ccc(NC(=O)CSc2nc(N)c3c4c(sc3n2)C[C@H](C)CC4)cc1. The minimum absolute atomic E-state index is 0.114. The summed E-state index contributed by atoms with van der Waals surface area (Å²) in [5.74, 6) is 2.08. The summed E-state index contributed by atoms with van der Waals surface area (Å²) in [5, 5.41) is 4.42. The number of ether oxygens (including phenoxy) is 1. The average Bonchev–Trinajstić information content (AvgIpc) is 3.04. The standard InChI is InChI=1S/C20H22N4O2S2/c1-11-3-8-14-15(9-11)28-19-17(14)18(21)23-20(24-19)27-10-16(25)22-12-4-6-13(26-2)7-5-12/h4-7,11H,3,8-10H2,1-2H3,(H,22,25)(H2,21,23,24)/t11-/m1/s1. The Kier molecular flexibility index (Phi) is 5.41. The first kappa shape index (κ1) is 19.0. The number of hydrogen-bond donors (Lipinski definition) is 2. The molecule has 6 nitrogen and oxygen atoms in total. The molecule has 3 aromatic rings. The van der Waals surface area contributed by atoms with Gasteiger partial charge in [-0.15, -0.1) is 11.3 Å². The van der Waals surface area contributed by atoms with Crippen molar-refractivity contribution < 1.29 is 9.53 Å². The van der Waals surface area contributed by atoms with E-state index in [1.54, 1.807) is 42.7 Å². The number of nitrogens with zero attached hydrogens (tertiary/aromatic N) is 2. The normalized spacial score (nSPS) is 16.0. The van der Waals surface area contributed by atoms with Crippen molar-refractivity contribution in [3.05, 3.63) is 34.7 Å². The van der Waals surface area contributed by atoms with Gasteiger partial charge in [0.2, 0.25) is 5.91 Å². The summed E-state index contributed by atoms with van der Waals surface area (Å²) in [6, 6.07) is 7.22. The molecule has 1 aliphatic rings. The highest BCUT2D eigenvalue weighted by Crippen LogP contribution is 2.39. The lowest BCUT2D eigenvalue weighted by molar-refractivity contribution is -0.113. The van der Waals surface area contributed by atoms with Gasteiger partial charge in [0, 0.05) is 10.6 Å². The minimum Gasteiger partial charge on any atom is -0.497 e. The molecular weight excluding hydrogens is 392 g/mol. The van der Waals surface area contributed by atoms with Crippen LogP contribution in [0, 0.1) is 5.92 Å². The van der Waals surface area contributed by atoms with Crippen LogP contribution in [-0.4, -0.2) is 28.7 Å². The third kappa shape index (κ3) is 3.93. The molecule has 1 amide bonds. The van der Waals surface area contributed by atoms with Crippen molar-refractivity contribution in [1.29, 1.82) is 0 Å². The van der Waals surface area contributed by atoms with E-state index in [9.17, 15) is 4.79 Å². The second-order valence-electron chi connectivity index (χ2n) is 6.99. The minimum atomic E-state index is -0.114. The molecule has 2 aromatic heterocycles. The van der Waals surface area contributed by atoms with Gasteiger partial charge in [-0.25, -0.2) is 9.97 Å². The number of anilines is 2. The van der Waals surface area contributed by atoms with Crippen LogP contribution >= 0.6 is 23.1 Å². The van der Waals surface area contributed by atoms with Crippen molar-refractivity contribution in [2.45, 2.75) is 31.3 Å². The van der Waals surface area contributed by atoms with Gasteiger partial charge in [0.1, 0.15) is 16.4 Å². The molecule has 0 fully saturated rings. The van der Waals surface area contributed by atoms with Gasteiger partial charge in [-0.3, -0.25) is 4.79 Å². The molecule has 1 aliphatic carbocycles. The van der Waals surface area contributed by atoms with Crippen LogP contribution in [-0.2, 0) is 17.6 Å². The number of aromatic nitrogens is 2. The summed E-state index contributed by atoms with van der Waals surface area (Å²) in [7, 11) is 1.61. The molecule has 4 rings (SSSR count). The number of rotatable bonds is 5. The Hall–Kier alpha value is -2.32. The van der Waals surface area contributed by atoms with E-state index >= 15 is 0 Å². The lowest BCUT2D eigenvalue weighted by atomic mass is 9.89. The van der Waals surface area contributed by atoms with Crippen LogP contribution in [0.3, 0.4) is 0 Å². The van der Waals surface area contributed by atoms with Crippen molar-refractivity contribution >= 4 is 50.7 Å². The summed E-state index contributed by atoms with van der Waals surface area (Å²) >= 11 is 3.01. The highest BCUT2D eigenvalue weighted by molar-refractivity contribution is 7.99. The molecule has 146 valence electrons. The number of benzene rings is 1. The van der Waals surface area contributed by atoms with Crippen LogP contribution in [0.25, 0.3) is 10.2 Å². The number of nitrogens with two attached hydrogens (primary N) is 1. The van der Waals surface area contributed by atoms with Crippen LogP contribution < -0.4 is 15.8 Å². The van der Waals surface area contributed by atoms with E-state index in [4.69, 9.17) is 10.5 Å². The Morgan fingerprint density at radius 2 is 2.14 bits per heavy atom. The second kappa shape index (κ2) is 7.97. The lowest BCUT2D eigenvalue weighted by Crippen LogP contribution is -2.14. The zero-order chi connectivity index (χ0) is 19.7. The first-order valence-electron chi connectivity index (χ1n) is 9.18. The van der Waals surface area contributed by atoms with Gasteiger partial charge in [0.15, 0.2) is 5.16 Å². The van der Waals surface area contributed by atoms with Crippen molar-refractivity contribution in [3.63, 3.8) is 0 Å². The van der Waals surface area contributed by atoms with Gasteiger partial charge in [0.05, 0.1) is 18.2 Å². The summed E-state index contributed by atoms with van der Waals surface area (Å²) in [5.41, 5.74) is 8.30. The van der Waals surface area contributed by atoms with E-state index in [2.05, 4.69) is 22.2 Å². The van der Waals surface area contributed by atoms with Crippen LogP contribution in [0.15, 0.2) is 29.4 Å². The highest BCUT2D eigenvalue weighted by Gasteiger charge is 2.23. The summed E-state index contributed by atoms with van der Waals surface area (Å²) in [6.45, 7) is 2.28. The smallest absolute Gasteiger partial charge is 0.234 e. The number of fused-ring (bicyclic) bond motifs is 3. The van der Waals surface area contributed by atoms with Gasteiger partial charge in [0.25, 0.3) is 0 Å². The molecule has 3 N–H and O–H groups in total. The first-order valence-corrected chi connectivity index (χ1v) is 11.0. The zero-order valence-corrected chi connectivity index (χ0v) is 17.5. The number of methoxy groups -OCH3 is 1. The van der Waals surface area contributed by atoms with Crippen LogP contribution in [0.2, 0.25) is 0 Å². The quantitative estimate of drug-likeness (QED) is 0.482. The highest BCUT2D eigenvalue weighted by atomic mass is 32.2. The van der Waals surface area contributed by atoms with Crippen molar-refractivity contribution in [3.8, 4) is 5.75 Å². The summed E-state index contributed by atoms with van der Waals surface area (Å²) in [4.78, 5) is 23.7. The Morgan fingerprint density at radius 3 is 2.89 bits per heavy atom. The van der Waals surface area contributed by atoms with E-state index in [0.29, 0.717) is 16.9 Å². The molecule has 28 heavy (non-hydrogen) atoms. The lowest BCUT2D eigenvalue weighted by Gasteiger charge is -2.17. The van der Waals surface area contributed by atoms with E-state index < -0.39 is 0 Å². The molecular formula is C20H22N4O2S2. The molecule has 0 bridgehead atoms. The Bertz CT molecular complexity index is 1020. The summed E-state index contributed by atoms with van der Waals surface area (Å²) < 4.78 is 5.12. The van der Waals surface area contributed by atoms with Gasteiger partial charge in [-0.05, 0) is 55.0 Å². The molecule has 0 saturated heterocycles. The number of thiophene rings is 1.